The molecule has 1 heterocycles. The molecule has 2 amide bonds. The molecule has 10 heteroatoms. The van der Waals surface area contributed by atoms with Gasteiger partial charge in [-0.2, -0.15) is 13.2 Å². The van der Waals surface area contributed by atoms with Crippen molar-refractivity contribution in [3.63, 3.8) is 0 Å². The lowest BCUT2D eigenvalue weighted by molar-refractivity contribution is -0.140. The zero-order valence-corrected chi connectivity index (χ0v) is 13.2. The lowest BCUT2D eigenvalue weighted by Crippen LogP contribution is -2.18. The number of halogens is 5. The molecule has 140 valence electrons. The van der Waals surface area contributed by atoms with Gasteiger partial charge in [0.15, 0.2) is 0 Å². The first-order valence-corrected chi connectivity index (χ1v) is 7.28. The van der Waals surface area contributed by atoms with E-state index >= 15 is 0 Å². The Labute approximate surface area is 147 Å². The summed E-state index contributed by atoms with van der Waals surface area (Å²) < 4.78 is 70.4. The third-order valence-electron chi connectivity index (χ3n) is 3.65. The monoisotopic (exact) mass is 384 g/mol. The van der Waals surface area contributed by atoms with Crippen molar-refractivity contribution in [1.82, 2.24) is 0 Å². The van der Waals surface area contributed by atoms with Crippen molar-refractivity contribution in [2.24, 2.45) is 5.73 Å². The highest BCUT2D eigenvalue weighted by molar-refractivity contribution is 6.14. The minimum Gasteiger partial charge on any atom is -0.449 e. The zero-order chi connectivity index (χ0) is 19.9. The maximum Gasteiger partial charge on any atom is 0.419 e. The molecule has 0 atom stereocenters. The van der Waals surface area contributed by atoms with Crippen molar-refractivity contribution >= 4 is 28.5 Å². The summed E-state index contributed by atoms with van der Waals surface area (Å²) >= 11 is 0. The van der Waals surface area contributed by atoms with Crippen LogP contribution < -0.4 is 11.1 Å². The third kappa shape index (κ3) is 3.46. The summed E-state index contributed by atoms with van der Waals surface area (Å²) in [6.07, 6.45) is -5.01. The second-order valence-corrected chi connectivity index (χ2v) is 5.46. The highest BCUT2D eigenvalue weighted by Crippen LogP contribution is 2.34. The highest BCUT2D eigenvalue weighted by Gasteiger charge is 2.35. The predicted molar refractivity (Wildman–Crippen MR) is 84.0 cm³/mol. The molecule has 3 aromatic rings. The largest absolute Gasteiger partial charge is 0.449 e. The Morgan fingerprint density at radius 3 is 2.37 bits per heavy atom. The molecule has 27 heavy (non-hydrogen) atoms. The number of benzene rings is 2. The first-order valence-electron chi connectivity index (χ1n) is 7.28. The maximum absolute atomic E-state index is 13.5. The van der Waals surface area contributed by atoms with Gasteiger partial charge in [-0.3, -0.25) is 9.59 Å². The van der Waals surface area contributed by atoms with Crippen molar-refractivity contribution in [1.29, 1.82) is 0 Å². The van der Waals surface area contributed by atoms with E-state index in [4.69, 9.17) is 10.2 Å². The van der Waals surface area contributed by atoms with E-state index in [1.54, 1.807) is 0 Å². The number of alkyl halides is 3. The van der Waals surface area contributed by atoms with Gasteiger partial charge < -0.3 is 15.5 Å². The molecular formula is C17H9F5N2O3. The van der Waals surface area contributed by atoms with Crippen LogP contribution in [0.15, 0.2) is 40.8 Å². The molecular weight excluding hydrogens is 375 g/mol. The molecule has 2 aromatic carbocycles. The Kier molecular flexibility index (Phi) is 4.34. The summed E-state index contributed by atoms with van der Waals surface area (Å²) in [5, 5.41) is 2.15. The number of fused-ring (bicyclic) bond motifs is 1. The Morgan fingerprint density at radius 2 is 1.74 bits per heavy atom. The number of nitrogens with one attached hydrogen (secondary N) is 1. The average Bonchev–Trinajstić information content (AvgIpc) is 2.92. The third-order valence-corrected chi connectivity index (χ3v) is 3.65. The van der Waals surface area contributed by atoms with Gasteiger partial charge in [-0.25, -0.2) is 8.78 Å². The van der Waals surface area contributed by atoms with Gasteiger partial charge in [-0.1, -0.05) is 0 Å². The van der Waals surface area contributed by atoms with E-state index in [1.165, 1.54) is 6.07 Å². The lowest BCUT2D eigenvalue weighted by Gasteiger charge is -2.10. The number of hydrogen-bond acceptors (Lipinski definition) is 3. The zero-order valence-electron chi connectivity index (χ0n) is 13.2. The lowest BCUT2D eigenvalue weighted by atomic mass is 10.1. The van der Waals surface area contributed by atoms with Crippen LogP contribution in [0.4, 0.5) is 27.6 Å². The SMILES string of the molecule is NC(=O)c1oc2ccc(F)cc2c1NC(=O)c1ccc(F)c(C(F)(F)F)c1. The topological polar surface area (TPSA) is 85.3 Å². The van der Waals surface area contributed by atoms with Crippen LogP contribution in [-0.2, 0) is 6.18 Å². The van der Waals surface area contributed by atoms with Crippen LogP contribution in [0.25, 0.3) is 11.0 Å². The minimum atomic E-state index is -5.01. The van der Waals surface area contributed by atoms with Crippen LogP contribution in [-0.4, -0.2) is 11.8 Å². The van der Waals surface area contributed by atoms with Crippen molar-refractivity contribution < 1.29 is 36.0 Å². The van der Waals surface area contributed by atoms with Gasteiger partial charge in [-0.15, -0.1) is 0 Å². The quantitative estimate of drug-likeness (QED) is 0.668. The predicted octanol–water partition coefficient (Wildman–Crippen LogP) is 4.08. The Bertz CT molecular complexity index is 1070. The second kappa shape index (κ2) is 6.38. The van der Waals surface area contributed by atoms with Crippen LogP contribution in [0.1, 0.15) is 26.5 Å². The first kappa shape index (κ1) is 18.4. The number of carbonyl (C=O) groups is 2. The summed E-state index contributed by atoms with van der Waals surface area (Å²) in [5.41, 5.74) is 2.71. The van der Waals surface area contributed by atoms with Crippen LogP contribution >= 0.6 is 0 Å². The fourth-order valence-corrected chi connectivity index (χ4v) is 2.44. The van der Waals surface area contributed by atoms with Crippen LogP contribution in [0.5, 0.6) is 0 Å². The molecule has 0 unspecified atom stereocenters. The van der Waals surface area contributed by atoms with Gasteiger partial charge in [0.1, 0.15) is 22.9 Å². The molecule has 1 aromatic heterocycles. The Balaban J connectivity index is 2.05. The van der Waals surface area contributed by atoms with Crippen LogP contribution in [0.2, 0.25) is 0 Å². The van der Waals surface area contributed by atoms with Gasteiger partial charge >= 0.3 is 6.18 Å². The molecule has 0 aliphatic carbocycles. The molecule has 0 fully saturated rings. The smallest absolute Gasteiger partial charge is 0.419 e. The molecule has 3 rings (SSSR count). The average molecular weight is 384 g/mol. The van der Waals surface area contributed by atoms with E-state index in [0.717, 1.165) is 18.2 Å². The summed E-state index contributed by atoms with van der Waals surface area (Å²) in [4.78, 5) is 23.8. The standard InChI is InChI=1S/C17H9F5N2O3/c18-8-2-4-12-9(6-8)13(14(27-12)15(23)25)24-16(26)7-1-3-11(19)10(5-7)17(20,21)22/h1-6H,(H2,23,25)(H,24,26). The molecule has 5 nitrogen and oxygen atoms in total. The van der Waals surface area contributed by atoms with Crippen LogP contribution in [0, 0.1) is 11.6 Å². The molecule has 0 saturated carbocycles. The number of nitrogens with two attached hydrogens (primary N) is 1. The second-order valence-electron chi connectivity index (χ2n) is 5.46. The fourth-order valence-electron chi connectivity index (χ4n) is 2.44. The Morgan fingerprint density at radius 1 is 1.04 bits per heavy atom. The van der Waals surface area contributed by atoms with E-state index in [2.05, 4.69) is 5.32 Å². The number of furan rings is 1. The Hall–Kier alpha value is -3.43. The van der Waals surface area contributed by atoms with Gasteiger partial charge in [0.25, 0.3) is 11.8 Å². The molecule has 0 bridgehead atoms. The van der Waals surface area contributed by atoms with Crippen molar-refractivity contribution in [2.45, 2.75) is 6.18 Å². The first-order chi connectivity index (χ1) is 12.6. The van der Waals surface area contributed by atoms with Crippen molar-refractivity contribution in [2.75, 3.05) is 5.32 Å². The van der Waals surface area contributed by atoms with E-state index in [0.29, 0.717) is 12.1 Å². The molecule has 0 spiro atoms. The summed E-state index contributed by atoms with van der Waals surface area (Å²) in [7, 11) is 0. The number of anilines is 1. The fraction of sp³-hybridized carbons (Fsp3) is 0.0588. The van der Waals surface area contributed by atoms with Gasteiger partial charge in [0.05, 0.1) is 5.56 Å². The summed E-state index contributed by atoms with van der Waals surface area (Å²) in [5.74, 6) is -4.96. The molecule has 0 aliphatic heterocycles. The number of rotatable bonds is 3. The van der Waals surface area contributed by atoms with E-state index in [-0.39, 0.29) is 16.7 Å². The van der Waals surface area contributed by atoms with Gasteiger partial charge in [0, 0.05) is 10.9 Å². The number of hydrogen-bond donors (Lipinski definition) is 2. The summed E-state index contributed by atoms with van der Waals surface area (Å²) in [6.45, 7) is 0. The van der Waals surface area contributed by atoms with E-state index in [9.17, 15) is 31.5 Å². The normalized spacial score (nSPS) is 11.6. The van der Waals surface area contributed by atoms with E-state index in [1.807, 2.05) is 0 Å². The number of amides is 2. The van der Waals surface area contributed by atoms with E-state index < -0.39 is 46.5 Å². The summed E-state index contributed by atoms with van der Waals surface area (Å²) in [6, 6.07) is 4.81. The number of carbonyl (C=O) groups excluding carboxylic acids is 2. The maximum atomic E-state index is 13.5. The molecule has 3 N–H and O–H groups in total. The van der Waals surface area contributed by atoms with Gasteiger partial charge in [-0.05, 0) is 36.4 Å². The number of primary amides is 1. The van der Waals surface area contributed by atoms with Crippen molar-refractivity contribution in [3.05, 3.63) is 64.9 Å². The van der Waals surface area contributed by atoms with Crippen molar-refractivity contribution in [3.8, 4) is 0 Å². The molecule has 0 radical (unpaired) electrons. The van der Waals surface area contributed by atoms with Crippen LogP contribution in [0.3, 0.4) is 0 Å². The molecule has 0 aliphatic rings. The molecule has 0 saturated heterocycles. The van der Waals surface area contributed by atoms with Gasteiger partial charge in [0.2, 0.25) is 5.76 Å². The minimum absolute atomic E-state index is 0.0182. The highest BCUT2D eigenvalue weighted by atomic mass is 19.4.